The summed E-state index contributed by atoms with van der Waals surface area (Å²) in [5.74, 6) is -1.33. The van der Waals surface area contributed by atoms with Crippen LogP contribution in [-0.4, -0.2) is 54.7 Å². The Morgan fingerprint density at radius 2 is 1.95 bits per heavy atom. The molecule has 0 bridgehead atoms. The van der Waals surface area contributed by atoms with Crippen LogP contribution in [0.2, 0.25) is 0 Å². The number of amides is 1. The summed E-state index contributed by atoms with van der Waals surface area (Å²) in [5.41, 5.74) is -0.119. The van der Waals surface area contributed by atoms with E-state index in [4.69, 9.17) is 5.14 Å². The molecule has 1 aliphatic heterocycles. The molecule has 7 nitrogen and oxygen atoms in total. The van der Waals surface area contributed by atoms with Crippen LogP contribution in [0.5, 0.6) is 0 Å². The average Bonchev–Trinajstić information content (AvgIpc) is 2.38. The molecule has 2 rings (SSSR count). The zero-order chi connectivity index (χ0) is 14.0. The van der Waals surface area contributed by atoms with Crippen molar-refractivity contribution in [3.05, 3.63) is 29.8 Å². The highest BCUT2D eigenvalue weighted by molar-refractivity contribution is 7.86. The molecule has 0 aliphatic carbocycles. The standard InChI is InChI=1S/C10H13FN4O3S/c11-9-8(2-1-3-13-9)10(16)14-4-6-15(7-5-14)19(12,17)18/h1-3H,4-7H2,(H2,12,17,18). The highest BCUT2D eigenvalue weighted by Crippen LogP contribution is 2.11. The Morgan fingerprint density at radius 3 is 2.47 bits per heavy atom. The van der Waals surface area contributed by atoms with E-state index in [-0.39, 0.29) is 31.7 Å². The molecule has 19 heavy (non-hydrogen) atoms. The summed E-state index contributed by atoms with van der Waals surface area (Å²) < 4.78 is 36.7. The fourth-order valence-corrected chi connectivity index (χ4v) is 2.53. The van der Waals surface area contributed by atoms with Crippen molar-refractivity contribution in [1.82, 2.24) is 14.2 Å². The van der Waals surface area contributed by atoms with Crippen LogP contribution in [0.3, 0.4) is 0 Å². The van der Waals surface area contributed by atoms with Gasteiger partial charge in [0.25, 0.3) is 16.1 Å². The molecule has 0 unspecified atom stereocenters. The van der Waals surface area contributed by atoms with Crippen molar-refractivity contribution >= 4 is 16.1 Å². The number of hydrogen-bond acceptors (Lipinski definition) is 4. The second kappa shape index (κ2) is 5.19. The first-order valence-corrected chi connectivity index (χ1v) is 7.07. The third kappa shape index (κ3) is 3.06. The Balaban J connectivity index is 2.07. The van der Waals surface area contributed by atoms with Gasteiger partial charge in [-0.1, -0.05) is 0 Å². The van der Waals surface area contributed by atoms with E-state index >= 15 is 0 Å². The molecule has 0 radical (unpaired) electrons. The summed E-state index contributed by atoms with van der Waals surface area (Å²) >= 11 is 0. The monoisotopic (exact) mass is 288 g/mol. The van der Waals surface area contributed by atoms with Crippen molar-refractivity contribution in [2.75, 3.05) is 26.2 Å². The Bertz CT molecular complexity index is 584. The number of hydrogen-bond donors (Lipinski definition) is 1. The molecule has 104 valence electrons. The minimum atomic E-state index is -3.74. The zero-order valence-electron chi connectivity index (χ0n) is 9.99. The van der Waals surface area contributed by atoms with Crippen LogP contribution in [0.4, 0.5) is 4.39 Å². The molecule has 2 heterocycles. The number of pyridine rings is 1. The lowest BCUT2D eigenvalue weighted by Gasteiger charge is -2.32. The van der Waals surface area contributed by atoms with Crippen molar-refractivity contribution in [2.24, 2.45) is 5.14 Å². The Morgan fingerprint density at radius 1 is 1.32 bits per heavy atom. The van der Waals surface area contributed by atoms with Gasteiger partial charge < -0.3 is 4.90 Å². The molecular weight excluding hydrogens is 275 g/mol. The fourth-order valence-electron chi connectivity index (χ4n) is 1.86. The van der Waals surface area contributed by atoms with Crippen molar-refractivity contribution < 1.29 is 17.6 Å². The van der Waals surface area contributed by atoms with Crippen LogP contribution in [0, 0.1) is 5.95 Å². The van der Waals surface area contributed by atoms with E-state index in [1.807, 2.05) is 0 Å². The summed E-state index contributed by atoms with van der Waals surface area (Å²) in [7, 11) is -3.74. The van der Waals surface area contributed by atoms with Gasteiger partial charge in [-0.15, -0.1) is 0 Å². The van der Waals surface area contributed by atoms with Crippen LogP contribution >= 0.6 is 0 Å². The van der Waals surface area contributed by atoms with Crippen molar-refractivity contribution in [1.29, 1.82) is 0 Å². The highest BCUT2D eigenvalue weighted by Gasteiger charge is 2.28. The van der Waals surface area contributed by atoms with Crippen LogP contribution in [-0.2, 0) is 10.2 Å². The number of piperazine rings is 1. The first kappa shape index (κ1) is 13.8. The van der Waals surface area contributed by atoms with Gasteiger partial charge in [-0.25, -0.2) is 10.1 Å². The first-order valence-electron chi connectivity index (χ1n) is 5.57. The van der Waals surface area contributed by atoms with Crippen LogP contribution in [0.15, 0.2) is 18.3 Å². The van der Waals surface area contributed by atoms with E-state index in [0.717, 1.165) is 4.31 Å². The van der Waals surface area contributed by atoms with E-state index in [1.54, 1.807) is 0 Å². The molecule has 1 saturated heterocycles. The van der Waals surface area contributed by atoms with Crippen molar-refractivity contribution in [2.45, 2.75) is 0 Å². The largest absolute Gasteiger partial charge is 0.336 e. The molecule has 2 N–H and O–H groups in total. The molecule has 0 atom stereocenters. The third-order valence-electron chi connectivity index (χ3n) is 2.88. The third-order valence-corrected chi connectivity index (χ3v) is 3.96. The number of nitrogens with zero attached hydrogens (tertiary/aromatic N) is 3. The minimum Gasteiger partial charge on any atom is -0.336 e. The molecule has 0 saturated carbocycles. The maximum Gasteiger partial charge on any atom is 0.277 e. The Kier molecular flexibility index (Phi) is 3.78. The van der Waals surface area contributed by atoms with Gasteiger partial charge in [0.05, 0.1) is 5.56 Å². The van der Waals surface area contributed by atoms with E-state index < -0.39 is 22.1 Å². The van der Waals surface area contributed by atoms with E-state index in [1.165, 1.54) is 23.2 Å². The molecule has 1 fully saturated rings. The summed E-state index contributed by atoms with van der Waals surface area (Å²) in [4.78, 5) is 16.8. The van der Waals surface area contributed by atoms with Gasteiger partial charge in [-0.3, -0.25) is 4.79 Å². The van der Waals surface area contributed by atoms with Crippen molar-refractivity contribution in [3.8, 4) is 0 Å². The predicted octanol–water partition coefficient (Wildman–Crippen LogP) is -0.818. The summed E-state index contributed by atoms with van der Waals surface area (Å²) in [6, 6.07) is 2.81. The quantitative estimate of drug-likeness (QED) is 0.719. The minimum absolute atomic E-state index is 0.104. The lowest BCUT2D eigenvalue weighted by molar-refractivity contribution is 0.0692. The lowest BCUT2D eigenvalue weighted by atomic mass is 10.2. The maximum atomic E-state index is 13.4. The SMILES string of the molecule is NS(=O)(=O)N1CCN(C(=O)c2cccnc2F)CC1. The number of aromatic nitrogens is 1. The predicted molar refractivity (Wildman–Crippen MR) is 64.8 cm³/mol. The highest BCUT2D eigenvalue weighted by atomic mass is 32.2. The molecule has 1 aliphatic rings. The molecule has 1 aromatic heterocycles. The molecule has 1 amide bonds. The topological polar surface area (TPSA) is 96.6 Å². The van der Waals surface area contributed by atoms with Gasteiger partial charge in [-0.2, -0.15) is 17.1 Å². The van der Waals surface area contributed by atoms with Gasteiger partial charge in [0.2, 0.25) is 5.95 Å². The second-order valence-electron chi connectivity index (χ2n) is 4.08. The number of carbonyl (C=O) groups is 1. The summed E-state index contributed by atoms with van der Waals surface area (Å²) in [6.07, 6.45) is 1.26. The van der Waals surface area contributed by atoms with Crippen molar-refractivity contribution in [3.63, 3.8) is 0 Å². The van der Waals surface area contributed by atoms with Gasteiger partial charge in [0.1, 0.15) is 0 Å². The molecule has 0 spiro atoms. The van der Waals surface area contributed by atoms with Gasteiger partial charge in [0.15, 0.2) is 0 Å². The maximum absolute atomic E-state index is 13.4. The Hall–Kier alpha value is -1.58. The molecule has 9 heteroatoms. The van der Waals surface area contributed by atoms with Crippen LogP contribution in [0.1, 0.15) is 10.4 Å². The molecule has 0 aromatic carbocycles. The first-order chi connectivity index (χ1) is 8.89. The van der Waals surface area contributed by atoms with E-state index in [2.05, 4.69) is 4.98 Å². The zero-order valence-corrected chi connectivity index (χ0v) is 10.8. The van der Waals surface area contributed by atoms with Crippen LogP contribution in [0.25, 0.3) is 0 Å². The number of halogens is 1. The van der Waals surface area contributed by atoms with E-state index in [0.29, 0.717) is 0 Å². The summed E-state index contributed by atoms with van der Waals surface area (Å²) in [5, 5.41) is 4.99. The Labute approximate surface area is 110 Å². The molecular formula is C10H13FN4O3S. The summed E-state index contributed by atoms with van der Waals surface area (Å²) in [6.45, 7) is 0.548. The average molecular weight is 288 g/mol. The number of nitrogens with two attached hydrogens (primary N) is 1. The second-order valence-corrected chi connectivity index (χ2v) is 5.62. The van der Waals surface area contributed by atoms with E-state index in [9.17, 15) is 17.6 Å². The van der Waals surface area contributed by atoms with Gasteiger partial charge >= 0.3 is 0 Å². The lowest BCUT2D eigenvalue weighted by Crippen LogP contribution is -2.52. The number of carbonyl (C=O) groups excluding carboxylic acids is 1. The van der Waals surface area contributed by atoms with Gasteiger partial charge in [0, 0.05) is 32.4 Å². The van der Waals surface area contributed by atoms with Crippen LogP contribution < -0.4 is 5.14 Å². The fraction of sp³-hybridized carbons (Fsp3) is 0.400. The normalized spacial score (nSPS) is 17.5. The molecule has 1 aromatic rings. The van der Waals surface area contributed by atoms with Gasteiger partial charge in [-0.05, 0) is 12.1 Å². The smallest absolute Gasteiger partial charge is 0.277 e. The number of rotatable bonds is 2.